The van der Waals surface area contributed by atoms with Crippen LogP contribution in [0.5, 0.6) is 0 Å². The van der Waals surface area contributed by atoms with Gasteiger partial charge in [-0.1, -0.05) is 12.2 Å². The second-order valence-electron chi connectivity index (χ2n) is 4.54. The molecule has 5 nitrogen and oxygen atoms in total. The Morgan fingerprint density at radius 1 is 1.53 bits per heavy atom. The van der Waals surface area contributed by atoms with E-state index < -0.39 is 23.8 Å². The van der Waals surface area contributed by atoms with Crippen molar-refractivity contribution < 1.29 is 24.1 Å². The van der Waals surface area contributed by atoms with Gasteiger partial charge in [-0.3, -0.25) is 4.79 Å². The first-order chi connectivity index (χ1) is 8.09. The zero-order valence-corrected chi connectivity index (χ0v) is 9.98. The number of ether oxygens (including phenoxy) is 3. The molecule has 1 N–H and O–H groups in total. The number of carbonyl (C=O) groups is 1. The molecule has 0 amide bonds. The molecule has 0 radical (unpaired) electrons. The lowest BCUT2D eigenvalue weighted by Crippen LogP contribution is -2.49. The molecule has 1 aliphatic carbocycles. The van der Waals surface area contributed by atoms with Crippen molar-refractivity contribution in [3.63, 3.8) is 0 Å². The Balaban J connectivity index is 2.33. The summed E-state index contributed by atoms with van der Waals surface area (Å²) in [5.74, 6) is -2.37. The smallest absolute Gasteiger partial charge is 0.316 e. The van der Waals surface area contributed by atoms with Gasteiger partial charge in [-0.25, -0.2) is 0 Å². The predicted molar refractivity (Wildman–Crippen MR) is 59.1 cm³/mol. The van der Waals surface area contributed by atoms with E-state index in [1.165, 1.54) is 7.11 Å². The van der Waals surface area contributed by atoms with Crippen molar-refractivity contribution in [3.05, 3.63) is 12.2 Å². The van der Waals surface area contributed by atoms with E-state index in [2.05, 4.69) is 6.58 Å². The molecule has 1 saturated carbocycles. The Bertz CT molecular complexity index is 319. The summed E-state index contributed by atoms with van der Waals surface area (Å²) in [6.07, 6.45) is 0.764. The molecule has 0 aromatic rings. The Kier molecular flexibility index (Phi) is 3.51. The summed E-state index contributed by atoms with van der Waals surface area (Å²) in [6.45, 7) is 4.77. The van der Waals surface area contributed by atoms with Crippen LogP contribution in [-0.2, 0) is 19.0 Å². The first-order valence-electron chi connectivity index (χ1n) is 5.79. The minimum atomic E-state index is -1.08. The van der Waals surface area contributed by atoms with Crippen LogP contribution in [0.4, 0.5) is 0 Å². The lowest BCUT2D eigenvalue weighted by atomic mass is 9.90. The third-order valence-electron chi connectivity index (χ3n) is 3.38. The number of carbonyl (C=O) groups excluding carboxylic acids is 1. The van der Waals surface area contributed by atoms with Crippen molar-refractivity contribution in [2.24, 2.45) is 5.92 Å². The van der Waals surface area contributed by atoms with Crippen molar-refractivity contribution in [3.8, 4) is 0 Å². The molecule has 2 fully saturated rings. The standard InChI is InChI=1S/C12H18O5/c1-8-3-4-9(13)10(11(14)15-2)12(7-8)16-5-6-17-12/h9-10,13H,1,3-7H2,2H3/t9-,10-/m1/s1. The second kappa shape index (κ2) is 4.76. The molecule has 1 aliphatic heterocycles. The molecule has 0 unspecified atom stereocenters. The number of aliphatic hydroxyl groups excluding tert-OH is 1. The first-order valence-corrected chi connectivity index (χ1v) is 5.79. The first kappa shape index (κ1) is 12.5. The summed E-state index contributed by atoms with van der Waals surface area (Å²) in [4.78, 5) is 11.8. The predicted octanol–water partition coefficient (Wildman–Crippen LogP) is 0.620. The molecule has 2 atom stereocenters. The van der Waals surface area contributed by atoms with Crippen LogP contribution < -0.4 is 0 Å². The van der Waals surface area contributed by atoms with E-state index >= 15 is 0 Å². The fraction of sp³-hybridized carbons (Fsp3) is 0.750. The van der Waals surface area contributed by atoms with Crippen LogP contribution in [0.15, 0.2) is 12.2 Å². The van der Waals surface area contributed by atoms with Crippen molar-refractivity contribution in [1.29, 1.82) is 0 Å². The molecule has 0 bridgehead atoms. The number of methoxy groups -OCH3 is 1. The highest BCUT2D eigenvalue weighted by Crippen LogP contribution is 2.41. The molecular weight excluding hydrogens is 224 g/mol. The van der Waals surface area contributed by atoms with Crippen LogP contribution in [0, 0.1) is 5.92 Å². The van der Waals surface area contributed by atoms with Gasteiger partial charge >= 0.3 is 5.97 Å². The maximum Gasteiger partial charge on any atom is 0.316 e. The van der Waals surface area contributed by atoms with Gasteiger partial charge in [0.05, 0.1) is 26.4 Å². The highest BCUT2D eigenvalue weighted by Gasteiger charge is 2.53. The van der Waals surface area contributed by atoms with Crippen LogP contribution in [-0.4, -0.2) is 43.3 Å². The Hall–Kier alpha value is -0.910. The summed E-state index contributed by atoms with van der Waals surface area (Å²) in [5, 5.41) is 10.1. The maximum absolute atomic E-state index is 11.8. The highest BCUT2D eigenvalue weighted by atomic mass is 16.7. The van der Waals surface area contributed by atoms with Gasteiger partial charge in [-0.2, -0.15) is 0 Å². The zero-order valence-electron chi connectivity index (χ0n) is 9.98. The van der Waals surface area contributed by atoms with E-state index in [1.807, 2.05) is 0 Å². The van der Waals surface area contributed by atoms with Crippen LogP contribution in [0.3, 0.4) is 0 Å². The van der Waals surface area contributed by atoms with Crippen molar-refractivity contribution in [1.82, 2.24) is 0 Å². The highest BCUT2D eigenvalue weighted by molar-refractivity contribution is 5.74. The lowest BCUT2D eigenvalue weighted by Gasteiger charge is -2.34. The van der Waals surface area contributed by atoms with Gasteiger partial charge in [-0.15, -0.1) is 0 Å². The van der Waals surface area contributed by atoms with Gasteiger partial charge < -0.3 is 19.3 Å². The average Bonchev–Trinajstić information content (AvgIpc) is 2.70. The Morgan fingerprint density at radius 3 is 2.76 bits per heavy atom. The van der Waals surface area contributed by atoms with E-state index in [1.54, 1.807) is 0 Å². The van der Waals surface area contributed by atoms with E-state index in [0.29, 0.717) is 32.5 Å². The molecule has 1 heterocycles. The largest absolute Gasteiger partial charge is 0.469 e. The summed E-state index contributed by atoms with van der Waals surface area (Å²) >= 11 is 0. The summed E-state index contributed by atoms with van der Waals surface area (Å²) < 4.78 is 15.9. The third-order valence-corrected chi connectivity index (χ3v) is 3.38. The van der Waals surface area contributed by atoms with Crippen LogP contribution in [0.25, 0.3) is 0 Å². The fourth-order valence-corrected chi connectivity index (χ4v) is 2.57. The monoisotopic (exact) mass is 242 g/mol. The zero-order chi connectivity index (χ0) is 12.5. The fourth-order valence-electron chi connectivity index (χ4n) is 2.57. The molecule has 0 aromatic heterocycles. The van der Waals surface area contributed by atoms with Crippen LogP contribution in [0.1, 0.15) is 19.3 Å². The quantitative estimate of drug-likeness (QED) is 0.539. The number of rotatable bonds is 1. The molecular formula is C12H18O5. The summed E-state index contributed by atoms with van der Waals surface area (Å²) in [7, 11) is 1.30. The van der Waals surface area contributed by atoms with Gasteiger partial charge in [0.25, 0.3) is 0 Å². The summed E-state index contributed by atoms with van der Waals surface area (Å²) in [6, 6.07) is 0. The number of hydrogen-bond acceptors (Lipinski definition) is 5. The van der Waals surface area contributed by atoms with E-state index in [4.69, 9.17) is 14.2 Å². The molecule has 2 aliphatic rings. The Labute approximate surface area is 100 Å². The molecule has 2 rings (SSSR count). The maximum atomic E-state index is 11.8. The average molecular weight is 242 g/mol. The second-order valence-corrected chi connectivity index (χ2v) is 4.54. The molecule has 1 saturated heterocycles. The summed E-state index contributed by atoms with van der Waals surface area (Å²) in [5.41, 5.74) is 0.928. The topological polar surface area (TPSA) is 65.0 Å². The van der Waals surface area contributed by atoms with Gasteiger partial charge in [0.15, 0.2) is 5.79 Å². The van der Waals surface area contributed by atoms with Gasteiger partial charge in [-0.05, 0) is 12.8 Å². The molecule has 5 heteroatoms. The molecule has 0 aromatic carbocycles. The normalized spacial score (nSPS) is 32.5. The van der Waals surface area contributed by atoms with Crippen LogP contribution in [0.2, 0.25) is 0 Å². The SMILES string of the molecule is C=C1CC[C@@H](O)[C@H](C(=O)OC)C2(C1)OCCO2. The lowest BCUT2D eigenvalue weighted by molar-refractivity contribution is -0.221. The Morgan fingerprint density at radius 2 is 2.18 bits per heavy atom. The molecule has 17 heavy (non-hydrogen) atoms. The van der Waals surface area contributed by atoms with Gasteiger partial charge in [0, 0.05) is 6.42 Å². The van der Waals surface area contributed by atoms with E-state index in [9.17, 15) is 9.90 Å². The van der Waals surface area contributed by atoms with Crippen molar-refractivity contribution >= 4 is 5.97 Å². The minimum absolute atomic E-state index is 0.424. The van der Waals surface area contributed by atoms with E-state index in [-0.39, 0.29) is 0 Å². The van der Waals surface area contributed by atoms with Gasteiger partial charge in [0.2, 0.25) is 0 Å². The minimum Gasteiger partial charge on any atom is -0.469 e. The number of hydrogen-bond donors (Lipinski definition) is 1. The van der Waals surface area contributed by atoms with Crippen molar-refractivity contribution in [2.45, 2.75) is 31.2 Å². The molecule has 96 valence electrons. The van der Waals surface area contributed by atoms with Gasteiger partial charge in [0.1, 0.15) is 5.92 Å². The third kappa shape index (κ3) is 2.22. The van der Waals surface area contributed by atoms with Crippen LogP contribution >= 0.6 is 0 Å². The number of aliphatic hydroxyl groups is 1. The van der Waals surface area contributed by atoms with Crippen molar-refractivity contribution in [2.75, 3.05) is 20.3 Å². The van der Waals surface area contributed by atoms with E-state index in [0.717, 1.165) is 5.57 Å². The number of esters is 1. The molecule has 1 spiro atoms.